The highest BCUT2D eigenvalue weighted by atomic mass is 14.7. The van der Waals surface area contributed by atoms with Crippen molar-refractivity contribution in [3.63, 3.8) is 0 Å². The second-order valence-electron chi connectivity index (χ2n) is 9.60. The van der Waals surface area contributed by atoms with Gasteiger partial charge in [-0.25, -0.2) is 0 Å². The molecule has 0 N–H and O–H groups in total. The molecule has 0 nitrogen and oxygen atoms in total. The Morgan fingerprint density at radius 1 is 0.600 bits per heavy atom. The molecule has 0 heteroatoms. The van der Waals surface area contributed by atoms with Crippen LogP contribution in [0.3, 0.4) is 0 Å². The Morgan fingerprint density at radius 3 is 1.80 bits per heavy atom. The van der Waals surface area contributed by atoms with E-state index in [0.29, 0.717) is 0 Å². The fraction of sp³-hybridized carbons (Fsp3) is 0.900. The summed E-state index contributed by atoms with van der Waals surface area (Å²) in [5.74, 6) is 13.3. The second kappa shape index (κ2) is 3.85. The Kier molecular flexibility index (Phi) is 2.22. The molecule has 108 valence electrons. The van der Waals surface area contributed by atoms with Gasteiger partial charge in [0.15, 0.2) is 0 Å². The van der Waals surface area contributed by atoms with E-state index in [1.165, 1.54) is 42.9 Å². The highest BCUT2D eigenvalue weighted by Gasteiger charge is 2.68. The molecule has 9 aliphatic carbocycles. The molecule has 0 aromatic heterocycles. The van der Waals surface area contributed by atoms with Crippen molar-refractivity contribution in [1.29, 1.82) is 0 Å². The third kappa shape index (κ3) is 1.55. The van der Waals surface area contributed by atoms with Gasteiger partial charge in [0.05, 0.1) is 0 Å². The van der Waals surface area contributed by atoms with Crippen molar-refractivity contribution in [3.05, 3.63) is 11.8 Å². The van der Waals surface area contributed by atoms with E-state index in [9.17, 15) is 0 Å². The van der Waals surface area contributed by atoms with Gasteiger partial charge in [-0.05, 0) is 123 Å². The lowest BCUT2D eigenvalue weighted by Gasteiger charge is -2.49. The molecule has 9 fully saturated rings. The Balaban J connectivity index is 0.0000000893. The minimum atomic E-state index is 1.14. The van der Waals surface area contributed by atoms with Crippen molar-refractivity contribution in [2.24, 2.45) is 47.3 Å². The highest BCUT2D eigenvalue weighted by molar-refractivity contribution is 5.28. The number of hydrogen-bond acceptors (Lipinski definition) is 0. The molecule has 9 rings (SSSR count). The first-order valence-electron chi connectivity index (χ1n) is 9.51. The second-order valence-corrected chi connectivity index (χ2v) is 9.60. The van der Waals surface area contributed by atoms with Gasteiger partial charge < -0.3 is 0 Å². The first-order chi connectivity index (χ1) is 9.83. The third-order valence-corrected chi connectivity index (χ3v) is 8.29. The average Bonchev–Trinajstić information content (AvgIpc) is 3.06. The summed E-state index contributed by atoms with van der Waals surface area (Å²) >= 11 is 0. The van der Waals surface area contributed by atoms with E-state index in [2.05, 4.69) is 0 Å². The van der Waals surface area contributed by atoms with Crippen molar-refractivity contribution in [1.82, 2.24) is 0 Å². The summed E-state index contributed by atoms with van der Waals surface area (Å²) in [4.78, 5) is 0. The molecule has 0 heterocycles. The maximum atomic E-state index is 2.00. The Labute approximate surface area is 124 Å². The fourth-order valence-corrected chi connectivity index (χ4v) is 8.12. The van der Waals surface area contributed by atoms with Crippen LogP contribution in [0.4, 0.5) is 0 Å². The lowest BCUT2D eigenvalue weighted by atomic mass is 9.56. The molecule has 2 radical (unpaired) electrons. The van der Waals surface area contributed by atoms with Crippen LogP contribution in [0.1, 0.15) is 64.2 Å². The standard InChI is InChI=1S/C10H13.C10H15/c1-5-2-7-4-6(1)9-8(3-5)10(7)9;1-7-2-9-4-8(1)5-10(3-7)6-9/h5-6,8-10H,1-4H2;7-9H,1-6H2. The van der Waals surface area contributed by atoms with Gasteiger partial charge >= 0.3 is 0 Å². The van der Waals surface area contributed by atoms with Crippen LogP contribution in [-0.4, -0.2) is 0 Å². The molecule has 0 spiro atoms. The van der Waals surface area contributed by atoms with E-state index in [-0.39, 0.29) is 0 Å². The zero-order valence-corrected chi connectivity index (χ0v) is 12.7. The van der Waals surface area contributed by atoms with Gasteiger partial charge in [0.2, 0.25) is 0 Å². The van der Waals surface area contributed by atoms with Crippen molar-refractivity contribution >= 4 is 0 Å². The third-order valence-electron chi connectivity index (χ3n) is 8.29. The van der Waals surface area contributed by atoms with Gasteiger partial charge in [0.1, 0.15) is 0 Å². The predicted octanol–water partition coefficient (Wildman–Crippen LogP) is 5.05. The molecular weight excluding hydrogens is 240 g/mol. The summed E-state index contributed by atoms with van der Waals surface area (Å²) in [5.41, 5.74) is 0. The molecule has 0 amide bonds. The Bertz CT molecular complexity index is 341. The minimum Gasteiger partial charge on any atom is -0.0475 e. The van der Waals surface area contributed by atoms with Crippen LogP contribution in [0.25, 0.3) is 0 Å². The molecule has 20 heavy (non-hydrogen) atoms. The number of hydrogen-bond donors (Lipinski definition) is 0. The summed E-state index contributed by atoms with van der Waals surface area (Å²) in [5, 5.41) is 0. The van der Waals surface area contributed by atoms with Crippen molar-refractivity contribution in [2.75, 3.05) is 0 Å². The van der Waals surface area contributed by atoms with Gasteiger partial charge in [-0.1, -0.05) is 0 Å². The quantitative estimate of drug-likeness (QED) is 0.577. The molecular formula is C20H28. The highest BCUT2D eigenvalue weighted by Crippen LogP contribution is 2.75. The van der Waals surface area contributed by atoms with Crippen molar-refractivity contribution in [3.8, 4) is 0 Å². The van der Waals surface area contributed by atoms with Crippen LogP contribution in [0.15, 0.2) is 0 Å². The average molecular weight is 268 g/mol. The molecule has 8 bridgehead atoms. The summed E-state index contributed by atoms with van der Waals surface area (Å²) in [6.07, 6.45) is 15.7. The largest absolute Gasteiger partial charge is 0.0475 e. The van der Waals surface area contributed by atoms with Crippen LogP contribution in [0, 0.1) is 59.2 Å². The summed E-state index contributed by atoms with van der Waals surface area (Å²) in [7, 11) is 0. The Morgan fingerprint density at radius 2 is 1.25 bits per heavy atom. The maximum absolute atomic E-state index is 2.00. The molecule has 9 saturated carbocycles. The minimum absolute atomic E-state index is 1.14. The molecule has 5 unspecified atom stereocenters. The van der Waals surface area contributed by atoms with E-state index in [1.807, 2.05) is 11.8 Å². The normalized spacial score (nSPS) is 60.6. The molecule has 5 atom stereocenters. The first kappa shape index (κ1) is 11.6. The van der Waals surface area contributed by atoms with E-state index in [0.717, 1.165) is 23.7 Å². The monoisotopic (exact) mass is 268 g/mol. The van der Waals surface area contributed by atoms with Crippen molar-refractivity contribution < 1.29 is 0 Å². The Hall–Kier alpha value is 0. The zero-order valence-electron chi connectivity index (χ0n) is 12.7. The van der Waals surface area contributed by atoms with Gasteiger partial charge in [-0.15, -0.1) is 0 Å². The lowest BCUT2D eigenvalue weighted by Crippen LogP contribution is -2.37. The fourth-order valence-electron chi connectivity index (χ4n) is 8.12. The lowest BCUT2D eigenvalue weighted by molar-refractivity contribution is 0.0920. The van der Waals surface area contributed by atoms with Gasteiger partial charge in [-0.3, -0.25) is 0 Å². The molecule has 0 aromatic rings. The van der Waals surface area contributed by atoms with Gasteiger partial charge in [0, 0.05) is 0 Å². The van der Waals surface area contributed by atoms with E-state index in [4.69, 9.17) is 0 Å². The van der Waals surface area contributed by atoms with Crippen LogP contribution in [0.5, 0.6) is 0 Å². The molecule has 0 aliphatic heterocycles. The van der Waals surface area contributed by atoms with E-state index in [1.54, 1.807) is 44.9 Å². The van der Waals surface area contributed by atoms with Gasteiger partial charge in [0.25, 0.3) is 0 Å². The van der Waals surface area contributed by atoms with Crippen molar-refractivity contribution in [2.45, 2.75) is 64.2 Å². The molecule has 9 aliphatic rings. The van der Waals surface area contributed by atoms with Crippen LogP contribution < -0.4 is 0 Å². The van der Waals surface area contributed by atoms with Gasteiger partial charge in [-0.2, -0.15) is 0 Å². The van der Waals surface area contributed by atoms with E-state index < -0.39 is 0 Å². The topological polar surface area (TPSA) is 0 Å². The first-order valence-corrected chi connectivity index (χ1v) is 9.51. The maximum Gasteiger partial charge on any atom is -0.0199 e. The summed E-state index contributed by atoms with van der Waals surface area (Å²) in [6, 6.07) is 0. The predicted molar refractivity (Wildman–Crippen MR) is 80.6 cm³/mol. The van der Waals surface area contributed by atoms with Crippen LogP contribution in [0.2, 0.25) is 0 Å². The smallest absolute Gasteiger partial charge is 0.0199 e. The summed E-state index contributed by atoms with van der Waals surface area (Å²) in [6.45, 7) is 0. The van der Waals surface area contributed by atoms with E-state index >= 15 is 0 Å². The summed E-state index contributed by atoms with van der Waals surface area (Å²) < 4.78 is 0. The molecule has 0 aromatic carbocycles. The van der Waals surface area contributed by atoms with Crippen LogP contribution in [-0.2, 0) is 0 Å². The van der Waals surface area contributed by atoms with Crippen LogP contribution >= 0.6 is 0 Å². The molecule has 0 saturated heterocycles. The number of rotatable bonds is 0. The SMILES string of the molecule is C1[C]2CC3CC1CC(C2)C3.C1[C]2CC3CC1CC1C2C31. The zero-order chi connectivity index (χ0) is 12.8.